The molecule has 1 unspecified atom stereocenters. The van der Waals surface area contributed by atoms with E-state index in [0.29, 0.717) is 12.1 Å². The highest BCUT2D eigenvalue weighted by atomic mass is 79.9. The number of nitrogens with one attached hydrogen (secondary N) is 2. The molecule has 3 aromatic rings. The molecule has 1 aliphatic rings. The van der Waals surface area contributed by atoms with Gasteiger partial charge >= 0.3 is 5.97 Å². The summed E-state index contributed by atoms with van der Waals surface area (Å²) in [6.45, 7) is 4.75. The zero-order chi connectivity index (χ0) is 29.7. The van der Waals surface area contributed by atoms with Crippen molar-refractivity contribution in [2.75, 3.05) is 44.4 Å². The molecule has 9 nitrogen and oxygen atoms in total. The number of hydrogen-bond donors (Lipinski definition) is 2. The standard InChI is InChI=1S/C32H37BrN4O5.ClH/c1-2-16-36-22-25(21-26(33)23-36)31(39)35-15-13-29(38)37(27-9-4-3-5-10-27)17-18-41-19-20-42-32(40)30-28-11-7-6-8-24(28)12-14-34-30;/h3-11,21-23,30,34H,2,12-20H2,1H3;1H. The first kappa shape index (κ1) is 34.2. The largest absolute Gasteiger partial charge is 1.00 e. The van der Waals surface area contributed by atoms with Crippen LogP contribution >= 0.6 is 15.9 Å². The van der Waals surface area contributed by atoms with Gasteiger partial charge in [0.25, 0.3) is 5.91 Å². The monoisotopic (exact) mass is 672 g/mol. The van der Waals surface area contributed by atoms with Gasteiger partial charge in [-0.05, 0) is 51.7 Å². The van der Waals surface area contributed by atoms with E-state index in [1.165, 1.54) is 0 Å². The van der Waals surface area contributed by atoms with Crippen LogP contribution in [-0.4, -0.2) is 57.2 Å². The van der Waals surface area contributed by atoms with Crippen LogP contribution in [-0.2, 0) is 32.0 Å². The normalized spacial score (nSPS) is 13.8. The summed E-state index contributed by atoms with van der Waals surface area (Å²) in [4.78, 5) is 40.2. The molecule has 2 heterocycles. The fraction of sp³-hybridized carbons (Fsp3) is 0.375. The summed E-state index contributed by atoms with van der Waals surface area (Å²) < 4.78 is 14.0. The number of esters is 1. The number of aromatic nitrogens is 1. The summed E-state index contributed by atoms with van der Waals surface area (Å²) in [6, 6.07) is 18.5. The van der Waals surface area contributed by atoms with Crippen LogP contribution in [0.5, 0.6) is 0 Å². The number of hydrogen-bond acceptors (Lipinski definition) is 6. The molecule has 0 bridgehead atoms. The number of anilines is 1. The number of halogens is 2. The maximum Gasteiger partial charge on any atom is 0.327 e. The number of nitrogens with zero attached hydrogens (tertiary/aromatic N) is 2. The second-order valence-electron chi connectivity index (χ2n) is 9.98. The molecule has 0 spiro atoms. The van der Waals surface area contributed by atoms with Gasteiger partial charge in [-0.25, -0.2) is 9.36 Å². The van der Waals surface area contributed by atoms with Gasteiger partial charge in [0.1, 0.15) is 24.8 Å². The van der Waals surface area contributed by atoms with E-state index in [-0.39, 0.29) is 63.0 Å². The van der Waals surface area contributed by atoms with Crippen molar-refractivity contribution in [3.8, 4) is 0 Å². The number of aryl methyl sites for hydroxylation is 1. The molecule has 2 aromatic carbocycles. The van der Waals surface area contributed by atoms with Crippen LogP contribution in [0.3, 0.4) is 0 Å². The molecule has 0 aliphatic carbocycles. The van der Waals surface area contributed by atoms with Crippen molar-refractivity contribution >= 4 is 39.4 Å². The van der Waals surface area contributed by atoms with Crippen LogP contribution in [0.1, 0.15) is 47.3 Å². The van der Waals surface area contributed by atoms with Gasteiger partial charge in [0.15, 0.2) is 12.4 Å². The van der Waals surface area contributed by atoms with Crippen LogP contribution < -0.4 is 32.5 Å². The first-order chi connectivity index (χ1) is 20.5. The Bertz CT molecular complexity index is 1360. The minimum absolute atomic E-state index is 0. The molecular formula is C32H38BrClN4O5. The fourth-order valence-corrected chi connectivity index (χ4v) is 5.40. The Balaban J connectivity index is 0.00000506. The van der Waals surface area contributed by atoms with E-state index in [1.807, 2.05) is 65.4 Å². The number of amides is 2. The molecule has 4 rings (SSSR count). The summed E-state index contributed by atoms with van der Waals surface area (Å²) in [6.07, 6.45) is 5.71. The van der Waals surface area contributed by atoms with Crippen molar-refractivity contribution in [3.63, 3.8) is 0 Å². The molecule has 1 aliphatic heterocycles. The molecular weight excluding hydrogens is 636 g/mol. The van der Waals surface area contributed by atoms with Crippen LogP contribution in [0.4, 0.5) is 5.69 Å². The van der Waals surface area contributed by atoms with E-state index in [9.17, 15) is 14.4 Å². The Hall–Kier alpha value is -3.31. The molecule has 0 saturated heterocycles. The number of pyridine rings is 1. The second-order valence-corrected chi connectivity index (χ2v) is 10.9. The number of carbonyl (C=O) groups excluding carboxylic acids is 3. The quantitative estimate of drug-likeness (QED) is 0.149. The van der Waals surface area contributed by atoms with E-state index in [0.717, 1.165) is 47.2 Å². The average molecular weight is 674 g/mol. The topological polar surface area (TPSA) is 101 Å². The number of benzene rings is 2. The van der Waals surface area contributed by atoms with E-state index >= 15 is 0 Å². The number of para-hydroxylation sites is 1. The smallest absolute Gasteiger partial charge is 0.327 e. The van der Waals surface area contributed by atoms with E-state index in [2.05, 4.69) is 33.5 Å². The number of carbonyl (C=O) groups is 3. The minimum atomic E-state index is -0.470. The van der Waals surface area contributed by atoms with E-state index in [4.69, 9.17) is 9.47 Å². The minimum Gasteiger partial charge on any atom is -1.00 e. The highest BCUT2D eigenvalue weighted by Gasteiger charge is 2.27. The molecule has 43 heavy (non-hydrogen) atoms. The SMILES string of the molecule is CCC[n+]1cc(Br)cc(C(=O)NCCC(=O)N(CCOCCOC(=O)C2NCCc3ccccc32)c2ccccc2)c1.[Cl-]. The van der Waals surface area contributed by atoms with Crippen LogP contribution in [0.25, 0.3) is 0 Å². The summed E-state index contributed by atoms with van der Waals surface area (Å²) in [5, 5.41) is 6.08. The van der Waals surface area contributed by atoms with Crippen molar-refractivity contribution < 1.29 is 40.8 Å². The molecule has 2 amide bonds. The average Bonchev–Trinajstić information content (AvgIpc) is 3.00. The van der Waals surface area contributed by atoms with Gasteiger partial charge in [-0.15, -0.1) is 0 Å². The molecule has 1 aromatic heterocycles. The molecule has 0 radical (unpaired) electrons. The molecule has 0 fully saturated rings. The van der Waals surface area contributed by atoms with Crippen molar-refractivity contribution in [2.24, 2.45) is 0 Å². The molecule has 11 heteroatoms. The summed E-state index contributed by atoms with van der Waals surface area (Å²) in [7, 11) is 0. The van der Waals surface area contributed by atoms with Crippen molar-refractivity contribution in [1.82, 2.24) is 10.6 Å². The van der Waals surface area contributed by atoms with Crippen LogP contribution in [0.2, 0.25) is 0 Å². The Morgan fingerprint density at radius 1 is 1.05 bits per heavy atom. The first-order valence-corrected chi connectivity index (χ1v) is 15.1. The summed E-state index contributed by atoms with van der Waals surface area (Å²) in [5.41, 5.74) is 3.40. The first-order valence-electron chi connectivity index (χ1n) is 14.3. The lowest BCUT2D eigenvalue weighted by Crippen LogP contribution is -3.00. The predicted octanol–water partition coefficient (Wildman–Crippen LogP) is 0.751. The van der Waals surface area contributed by atoms with E-state index < -0.39 is 6.04 Å². The zero-order valence-electron chi connectivity index (χ0n) is 24.3. The van der Waals surface area contributed by atoms with Gasteiger partial charge in [-0.1, -0.05) is 49.4 Å². The highest BCUT2D eigenvalue weighted by Crippen LogP contribution is 2.23. The number of rotatable bonds is 14. The van der Waals surface area contributed by atoms with Crippen molar-refractivity contribution in [3.05, 3.63) is 94.2 Å². The number of ether oxygens (including phenoxy) is 2. The van der Waals surface area contributed by atoms with E-state index in [1.54, 1.807) is 17.2 Å². The Kier molecular flexibility index (Phi) is 14.1. The molecule has 0 saturated carbocycles. The molecule has 1 atom stereocenters. The van der Waals surface area contributed by atoms with Gasteiger partial charge in [0, 0.05) is 38.2 Å². The maximum atomic E-state index is 13.2. The highest BCUT2D eigenvalue weighted by molar-refractivity contribution is 9.10. The second kappa shape index (κ2) is 17.7. The van der Waals surface area contributed by atoms with Gasteiger partial charge < -0.3 is 37.4 Å². The predicted molar refractivity (Wildman–Crippen MR) is 163 cm³/mol. The Morgan fingerprint density at radius 3 is 2.60 bits per heavy atom. The van der Waals surface area contributed by atoms with Crippen LogP contribution in [0.15, 0.2) is 77.5 Å². The summed E-state index contributed by atoms with van der Waals surface area (Å²) >= 11 is 3.46. The lowest BCUT2D eigenvalue weighted by molar-refractivity contribution is -0.697. The lowest BCUT2D eigenvalue weighted by Gasteiger charge is -2.25. The third-order valence-corrected chi connectivity index (χ3v) is 7.33. The Labute approximate surface area is 267 Å². The number of fused-ring (bicyclic) bond motifs is 1. The Morgan fingerprint density at radius 2 is 1.81 bits per heavy atom. The van der Waals surface area contributed by atoms with Gasteiger partial charge in [-0.2, -0.15) is 0 Å². The van der Waals surface area contributed by atoms with Crippen molar-refractivity contribution in [1.29, 1.82) is 0 Å². The van der Waals surface area contributed by atoms with Gasteiger partial charge in [-0.3, -0.25) is 9.59 Å². The molecule has 230 valence electrons. The third-order valence-electron chi connectivity index (χ3n) is 6.90. The lowest BCUT2D eigenvalue weighted by atomic mass is 9.94. The maximum absolute atomic E-state index is 13.2. The van der Waals surface area contributed by atoms with Crippen LogP contribution in [0, 0.1) is 0 Å². The van der Waals surface area contributed by atoms with Gasteiger partial charge in [0.2, 0.25) is 5.91 Å². The van der Waals surface area contributed by atoms with Crippen molar-refractivity contribution in [2.45, 2.75) is 38.8 Å². The molecule has 2 N–H and O–H groups in total. The summed E-state index contributed by atoms with van der Waals surface area (Å²) in [5.74, 6) is -0.684. The third kappa shape index (κ3) is 10.1. The zero-order valence-corrected chi connectivity index (χ0v) is 26.6. The fourth-order valence-electron chi connectivity index (χ4n) is 4.89. The van der Waals surface area contributed by atoms with Gasteiger partial charge in [0.05, 0.1) is 17.7 Å².